The highest BCUT2D eigenvalue weighted by Gasteiger charge is 2.52. The molecule has 2 aromatic carbocycles. The minimum absolute atomic E-state index is 0.0849. The number of carbonyl (C=O) groups is 1. The van der Waals surface area contributed by atoms with E-state index in [1.807, 2.05) is 12.1 Å². The summed E-state index contributed by atoms with van der Waals surface area (Å²) in [6.07, 6.45) is 5.55. The van der Waals surface area contributed by atoms with E-state index in [0.717, 1.165) is 19.4 Å². The maximum absolute atomic E-state index is 15.0. The van der Waals surface area contributed by atoms with E-state index in [2.05, 4.69) is 34.5 Å². The SMILES string of the molecule is O=C(N1C[C@@H](c2ccccc2)[C@@H]2NCCCCC[C@@H]21)C1(c2ccccc2F)CCOCC1. The van der Waals surface area contributed by atoms with Crippen LogP contribution in [0.15, 0.2) is 54.6 Å². The standard InChI is InChI=1S/C27H33FN2O2/c28-23-12-7-6-11-22(23)27(14-17-32-18-15-27)26(31)30-19-21(20-9-3-1-4-10-20)25-24(30)13-5-2-8-16-29-25/h1,3-4,6-7,9-12,21,24-25,29H,2,5,8,13-19H2/t21-,24-,25-/m0/s1. The van der Waals surface area contributed by atoms with E-state index in [1.165, 1.54) is 24.5 Å². The molecule has 0 aromatic heterocycles. The number of likely N-dealkylation sites (tertiary alicyclic amines) is 1. The Hall–Kier alpha value is -2.24. The molecule has 0 saturated carbocycles. The molecule has 170 valence electrons. The Kier molecular flexibility index (Phi) is 6.29. The normalized spacial score (nSPS) is 27.9. The van der Waals surface area contributed by atoms with Gasteiger partial charge in [0.15, 0.2) is 0 Å². The fourth-order valence-corrected chi connectivity index (χ4v) is 6.15. The molecule has 0 bridgehead atoms. The van der Waals surface area contributed by atoms with E-state index in [1.54, 1.807) is 12.1 Å². The van der Waals surface area contributed by atoms with Crippen molar-refractivity contribution in [3.8, 4) is 0 Å². The molecule has 3 aliphatic rings. The van der Waals surface area contributed by atoms with Gasteiger partial charge in [-0.3, -0.25) is 4.79 Å². The molecule has 3 aliphatic heterocycles. The lowest BCUT2D eigenvalue weighted by atomic mass is 9.72. The van der Waals surface area contributed by atoms with Gasteiger partial charge in [0.05, 0.1) is 5.41 Å². The Balaban J connectivity index is 1.53. The van der Waals surface area contributed by atoms with Gasteiger partial charge in [0.2, 0.25) is 5.91 Å². The molecular weight excluding hydrogens is 403 g/mol. The van der Waals surface area contributed by atoms with Crippen LogP contribution in [0.1, 0.15) is 55.6 Å². The number of nitrogens with one attached hydrogen (secondary N) is 1. The Labute approximate surface area is 190 Å². The second kappa shape index (κ2) is 9.32. The van der Waals surface area contributed by atoms with Gasteiger partial charge in [-0.25, -0.2) is 4.39 Å². The average molecular weight is 437 g/mol. The van der Waals surface area contributed by atoms with Gasteiger partial charge in [-0.15, -0.1) is 0 Å². The molecule has 3 fully saturated rings. The number of ether oxygens (including phenoxy) is 1. The Morgan fingerprint density at radius 1 is 1.00 bits per heavy atom. The summed E-state index contributed by atoms with van der Waals surface area (Å²) in [6, 6.07) is 17.8. The zero-order chi connectivity index (χ0) is 22.0. The number of fused-ring (bicyclic) bond motifs is 1. The molecular formula is C27H33FN2O2. The van der Waals surface area contributed by atoms with Crippen molar-refractivity contribution in [1.82, 2.24) is 10.2 Å². The number of benzene rings is 2. The molecule has 32 heavy (non-hydrogen) atoms. The van der Waals surface area contributed by atoms with Crippen molar-refractivity contribution >= 4 is 5.91 Å². The fraction of sp³-hybridized carbons (Fsp3) is 0.519. The van der Waals surface area contributed by atoms with Crippen molar-refractivity contribution in [1.29, 1.82) is 0 Å². The van der Waals surface area contributed by atoms with Crippen LogP contribution < -0.4 is 5.32 Å². The molecule has 0 radical (unpaired) electrons. The summed E-state index contributed by atoms with van der Waals surface area (Å²) >= 11 is 0. The highest BCUT2D eigenvalue weighted by Crippen LogP contribution is 2.43. The van der Waals surface area contributed by atoms with Crippen LogP contribution in [0.4, 0.5) is 4.39 Å². The average Bonchev–Trinajstić information content (AvgIpc) is 3.16. The number of hydrogen-bond acceptors (Lipinski definition) is 3. The number of hydrogen-bond donors (Lipinski definition) is 1. The van der Waals surface area contributed by atoms with Gasteiger partial charge in [0.25, 0.3) is 0 Å². The molecule has 3 saturated heterocycles. The van der Waals surface area contributed by atoms with Crippen molar-refractivity contribution in [3.63, 3.8) is 0 Å². The molecule has 2 aromatic rings. The smallest absolute Gasteiger partial charge is 0.233 e. The van der Waals surface area contributed by atoms with Crippen LogP contribution in [0.25, 0.3) is 0 Å². The van der Waals surface area contributed by atoms with Gasteiger partial charge in [0.1, 0.15) is 5.82 Å². The van der Waals surface area contributed by atoms with E-state index in [0.29, 0.717) is 38.2 Å². The first-order valence-electron chi connectivity index (χ1n) is 12.1. The molecule has 0 aliphatic carbocycles. The molecule has 0 spiro atoms. The van der Waals surface area contributed by atoms with Crippen molar-refractivity contribution < 1.29 is 13.9 Å². The van der Waals surface area contributed by atoms with Crippen LogP contribution in [0, 0.1) is 5.82 Å². The van der Waals surface area contributed by atoms with Crippen molar-refractivity contribution in [3.05, 3.63) is 71.5 Å². The molecule has 5 rings (SSSR count). The van der Waals surface area contributed by atoms with E-state index in [4.69, 9.17) is 4.74 Å². The number of halogens is 1. The first-order chi connectivity index (χ1) is 15.7. The topological polar surface area (TPSA) is 41.6 Å². The summed E-state index contributed by atoms with van der Waals surface area (Å²) in [5.41, 5.74) is 0.965. The molecule has 0 unspecified atom stereocenters. The minimum atomic E-state index is -0.845. The second-order valence-electron chi connectivity index (χ2n) is 9.55. The lowest BCUT2D eigenvalue weighted by Gasteiger charge is -2.41. The first kappa shape index (κ1) is 21.6. The molecule has 1 N–H and O–H groups in total. The van der Waals surface area contributed by atoms with Gasteiger partial charge < -0.3 is 15.0 Å². The zero-order valence-corrected chi connectivity index (χ0v) is 18.6. The lowest BCUT2D eigenvalue weighted by Crippen LogP contribution is -2.54. The highest BCUT2D eigenvalue weighted by atomic mass is 19.1. The van der Waals surface area contributed by atoms with E-state index < -0.39 is 5.41 Å². The molecule has 3 atom stereocenters. The van der Waals surface area contributed by atoms with E-state index in [9.17, 15) is 4.79 Å². The van der Waals surface area contributed by atoms with E-state index in [-0.39, 0.29) is 29.7 Å². The highest BCUT2D eigenvalue weighted by molar-refractivity contribution is 5.89. The van der Waals surface area contributed by atoms with Gasteiger partial charge in [-0.1, -0.05) is 61.4 Å². The third-order valence-electron chi connectivity index (χ3n) is 7.83. The second-order valence-corrected chi connectivity index (χ2v) is 9.55. The van der Waals surface area contributed by atoms with E-state index >= 15 is 4.39 Å². The quantitative estimate of drug-likeness (QED) is 0.775. The van der Waals surface area contributed by atoms with Crippen LogP contribution >= 0.6 is 0 Å². The Bertz CT molecular complexity index is 928. The van der Waals surface area contributed by atoms with Crippen molar-refractivity contribution in [2.45, 2.75) is 61.9 Å². The van der Waals surface area contributed by atoms with Crippen molar-refractivity contribution in [2.75, 3.05) is 26.3 Å². The molecule has 5 heteroatoms. The Morgan fingerprint density at radius 2 is 1.75 bits per heavy atom. The first-order valence-corrected chi connectivity index (χ1v) is 12.1. The summed E-state index contributed by atoms with van der Waals surface area (Å²) < 4.78 is 20.7. The Morgan fingerprint density at radius 3 is 2.53 bits per heavy atom. The summed E-state index contributed by atoms with van der Waals surface area (Å²) in [4.78, 5) is 16.5. The predicted molar refractivity (Wildman–Crippen MR) is 123 cm³/mol. The summed E-state index contributed by atoms with van der Waals surface area (Å²) in [6.45, 7) is 2.64. The third-order valence-corrected chi connectivity index (χ3v) is 7.83. The minimum Gasteiger partial charge on any atom is -0.381 e. The summed E-state index contributed by atoms with van der Waals surface area (Å²) in [7, 11) is 0. The van der Waals surface area contributed by atoms with Gasteiger partial charge in [0, 0.05) is 43.3 Å². The fourth-order valence-electron chi connectivity index (χ4n) is 6.15. The third kappa shape index (κ3) is 3.86. The molecule has 4 nitrogen and oxygen atoms in total. The number of rotatable bonds is 3. The summed E-state index contributed by atoms with van der Waals surface area (Å²) in [5, 5.41) is 3.79. The van der Waals surface area contributed by atoms with Crippen LogP contribution in [-0.4, -0.2) is 49.2 Å². The maximum atomic E-state index is 15.0. The van der Waals surface area contributed by atoms with Gasteiger partial charge >= 0.3 is 0 Å². The molecule has 1 amide bonds. The summed E-state index contributed by atoms with van der Waals surface area (Å²) in [5.74, 6) is 0.0522. The van der Waals surface area contributed by atoms with Gasteiger partial charge in [-0.2, -0.15) is 0 Å². The van der Waals surface area contributed by atoms with Crippen LogP contribution in [-0.2, 0) is 14.9 Å². The largest absolute Gasteiger partial charge is 0.381 e. The number of amides is 1. The van der Waals surface area contributed by atoms with Crippen LogP contribution in [0.3, 0.4) is 0 Å². The number of nitrogens with zero attached hydrogens (tertiary/aromatic N) is 1. The monoisotopic (exact) mass is 436 g/mol. The van der Waals surface area contributed by atoms with Crippen LogP contribution in [0.2, 0.25) is 0 Å². The maximum Gasteiger partial charge on any atom is 0.233 e. The molecule has 3 heterocycles. The van der Waals surface area contributed by atoms with Crippen LogP contribution in [0.5, 0.6) is 0 Å². The predicted octanol–water partition coefficient (Wildman–Crippen LogP) is 4.40. The van der Waals surface area contributed by atoms with Crippen molar-refractivity contribution in [2.24, 2.45) is 0 Å². The zero-order valence-electron chi connectivity index (χ0n) is 18.6. The number of carbonyl (C=O) groups excluding carboxylic acids is 1. The van der Waals surface area contributed by atoms with Gasteiger partial charge in [-0.05, 0) is 43.9 Å². The lowest BCUT2D eigenvalue weighted by molar-refractivity contribution is -0.142.